The number of ether oxygens (including phenoxy) is 1. The van der Waals surface area contributed by atoms with Crippen LogP contribution in [0.5, 0.6) is 5.75 Å². The van der Waals surface area contributed by atoms with Gasteiger partial charge in [-0.05, 0) is 64.3 Å². The number of aromatic nitrogens is 1. The number of carbonyl (C=O) groups excluding carboxylic acids is 1. The molecule has 0 spiro atoms. The van der Waals surface area contributed by atoms with Crippen LogP contribution in [0.25, 0.3) is 10.9 Å². The standard InChI is InChI=1S/C31H37Cl2FN4O4/c1-17-13-36(14-18(2)38(17)16-31(3,4)41)27-25(34)11-22-26(29(27)42-5)37(21-8-9-21)15-23(28(22)39)30(40)35-12-19-6-7-20(32)10-24(19)33/h6-7,10-11,15,17-18,21,41H,8-9,12-14,16H2,1-5H3,(H,35,40). The number of methoxy groups -OCH3 is 1. The third-order valence-corrected chi connectivity index (χ3v) is 8.62. The first-order valence-corrected chi connectivity index (χ1v) is 14.9. The van der Waals surface area contributed by atoms with Gasteiger partial charge in [-0.25, -0.2) is 4.39 Å². The van der Waals surface area contributed by atoms with E-state index in [1.807, 2.05) is 9.47 Å². The number of carbonyl (C=O) groups is 1. The van der Waals surface area contributed by atoms with Crippen LogP contribution in [0.4, 0.5) is 10.1 Å². The van der Waals surface area contributed by atoms with Crippen molar-refractivity contribution in [1.82, 2.24) is 14.8 Å². The third-order valence-electron chi connectivity index (χ3n) is 8.03. The van der Waals surface area contributed by atoms with E-state index in [2.05, 4.69) is 24.1 Å². The summed E-state index contributed by atoms with van der Waals surface area (Å²) >= 11 is 12.2. The molecule has 2 unspecified atom stereocenters. The van der Waals surface area contributed by atoms with E-state index in [-0.39, 0.29) is 41.4 Å². The molecule has 5 rings (SSSR count). The summed E-state index contributed by atoms with van der Waals surface area (Å²) in [7, 11) is 1.48. The molecule has 2 atom stereocenters. The maximum absolute atomic E-state index is 16.0. The van der Waals surface area contributed by atoms with Crippen LogP contribution in [-0.2, 0) is 6.54 Å². The first-order valence-electron chi connectivity index (χ1n) is 14.2. The summed E-state index contributed by atoms with van der Waals surface area (Å²) < 4.78 is 23.8. The number of β-amino-alcohol motifs (C(OH)–C–C–N with tert-alkyl or cyclic N) is 1. The average Bonchev–Trinajstić information content (AvgIpc) is 3.75. The van der Waals surface area contributed by atoms with Crippen molar-refractivity contribution in [2.24, 2.45) is 0 Å². The molecule has 0 radical (unpaired) electrons. The number of nitrogens with one attached hydrogen (secondary N) is 1. The lowest BCUT2D eigenvalue weighted by Crippen LogP contribution is -2.59. The van der Waals surface area contributed by atoms with Gasteiger partial charge >= 0.3 is 0 Å². The van der Waals surface area contributed by atoms with Crippen LogP contribution in [0.2, 0.25) is 10.0 Å². The van der Waals surface area contributed by atoms with Gasteiger partial charge in [0.1, 0.15) is 11.3 Å². The number of fused-ring (bicyclic) bond motifs is 1. The highest BCUT2D eigenvalue weighted by Crippen LogP contribution is 2.44. The van der Waals surface area contributed by atoms with Gasteiger partial charge in [-0.2, -0.15) is 0 Å². The van der Waals surface area contributed by atoms with Gasteiger partial charge in [0, 0.05) is 60.5 Å². The fraction of sp³-hybridized carbons (Fsp3) is 0.484. The molecule has 42 heavy (non-hydrogen) atoms. The van der Waals surface area contributed by atoms with Gasteiger partial charge in [-0.15, -0.1) is 0 Å². The first-order chi connectivity index (χ1) is 19.8. The Morgan fingerprint density at radius 2 is 1.83 bits per heavy atom. The van der Waals surface area contributed by atoms with Gasteiger partial charge in [0.25, 0.3) is 5.91 Å². The summed E-state index contributed by atoms with van der Waals surface area (Å²) in [5.74, 6) is -0.875. The maximum Gasteiger partial charge on any atom is 0.257 e. The second-order valence-corrected chi connectivity index (χ2v) is 13.0. The van der Waals surface area contributed by atoms with Gasteiger partial charge in [0.2, 0.25) is 5.43 Å². The Morgan fingerprint density at radius 3 is 2.40 bits per heavy atom. The molecule has 1 aromatic heterocycles. The van der Waals surface area contributed by atoms with E-state index < -0.39 is 22.8 Å². The molecule has 2 heterocycles. The number of aliphatic hydroxyl groups is 1. The molecule has 1 saturated heterocycles. The third kappa shape index (κ3) is 6.11. The summed E-state index contributed by atoms with van der Waals surface area (Å²) in [6.45, 7) is 9.30. The van der Waals surface area contributed by atoms with Crippen LogP contribution in [-0.4, -0.2) is 64.9 Å². The van der Waals surface area contributed by atoms with Gasteiger partial charge in [-0.1, -0.05) is 29.3 Å². The molecule has 1 aliphatic heterocycles. The average molecular weight is 620 g/mol. The van der Waals surface area contributed by atoms with Crippen LogP contribution >= 0.6 is 23.2 Å². The highest BCUT2D eigenvalue weighted by atomic mass is 35.5. The van der Waals surface area contributed by atoms with Crippen molar-refractivity contribution in [2.75, 3.05) is 31.6 Å². The highest BCUT2D eigenvalue weighted by Gasteiger charge is 2.36. The second-order valence-electron chi connectivity index (χ2n) is 12.2. The van der Waals surface area contributed by atoms with Gasteiger partial charge in [-0.3, -0.25) is 14.5 Å². The van der Waals surface area contributed by atoms with E-state index in [1.165, 1.54) is 13.2 Å². The number of halogens is 3. The fourth-order valence-corrected chi connectivity index (χ4v) is 6.44. The molecule has 8 nitrogen and oxygen atoms in total. The van der Waals surface area contributed by atoms with Crippen LogP contribution in [0.1, 0.15) is 62.5 Å². The zero-order chi connectivity index (χ0) is 30.5. The van der Waals surface area contributed by atoms with Crippen molar-refractivity contribution in [3.63, 3.8) is 0 Å². The number of pyridine rings is 1. The molecule has 0 bridgehead atoms. The molecular formula is C31H37Cl2FN4O4. The number of hydrogen-bond acceptors (Lipinski definition) is 6. The molecule has 1 aliphatic carbocycles. The lowest BCUT2D eigenvalue weighted by Gasteiger charge is -2.47. The molecular weight excluding hydrogens is 582 g/mol. The molecule has 2 aromatic carbocycles. The summed E-state index contributed by atoms with van der Waals surface area (Å²) in [5, 5.41) is 14.2. The zero-order valence-corrected chi connectivity index (χ0v) is 26.0. The normalized spacial score (nSPS) is 19.8. The minimum absolute atomic E-state index is 0.0332. The first kappa shape index (κ1) is 30.6. The Morgan fingerprint density at radius 1 is 1.17 bits per heavy atom. The number of amides is 1. The van der Waals surface area contributed by atoms with Crippen LogP contribution in [0.3, 0.4) is 0 Å². The van der Waals surface area contributed by atoms with Gasteiger partial charge < -0.3 is 24.6 Å². The van der Waals surface area contributed by atoms with E-state index in [4.69, 9.17) is 27.9 Å². The summed E-state index contributed by atoms with van der Waals surface area (Å²) in [4.78, 5) is 31.1. The van der Waals surface area contributed by atoms with Crippen molar-refractivity contribution in [3.05, 3.63) is 67.7 Å². The van der Waals surface area contributed by atoms with Crippen LogP contribution in [0.15, 0.2) is 35.3 Å². The Labute approximate surface area is 254 Å². The largest absolute Gasteiger partial charge is 0.492 e. The number of nitrogens with zero attached hydrogens (tertiary/aromatic N) is 3. The fourth-order valence-electron chi connectivity index (χ4n) is 5.97. The lowest BCUT2D eigenvalue weighted by atomic mass is 10.0. The summed E-state index contributed by atoms with van der Waals surface area (Å²) in [5.41, 5.74) is -0.0607. The van der Waals surface area contributed by atoms with E-state index >= 15 is 4.39 Å². The van der Waals surface area contributed by atoms with Crippen molar-refractivity contribution in [3.8, 4) is 5.75 Å². The Balaban J connectivity index is 1.53. The minimum Gasteiger partial charge on any atom is -0.492 e. The molecule has 226 valence electrons. The number of hydrogen-bond donors (Lipinski definition) is 2. The quantitative estimate of drug-likeness (QED) is 0.352. The monoisotopic (exact) mass is 618 g/mol. The predicted molar refractivity (Wildman–Crippen MR) is 165 cm³/mol. The molecule has 1 saturated carbocycles. The lowest BCUT2D eigenvalue weighted by molar-refractivity contribution is 0.00235. The topological polar surface area (TPSA) is 87.0 Å². The second kappa shape index (κ2) is 11.7. The number of rotatable bonds is 8. The van der Waals surface area contributed by atoms with Gasteiger partial charge in [0.05, 0.1) is 23.6 Å². The molecule has 2 aliphatic rings. The molecule has 11 heteroatoms. The zero-order valence-electron chi connectivity index (χ0n) is 24.5. The van der Waals surface area contributed by atoms with E-state index in [1.54, 1.807) is 38.2 Å². The highest BCUT2D eigenvalue weighted by molar-refractivity contribution is 6.35. The number of benzene rings is 2. The van der Waals surface area contributed by atoms with Crippen molar-refractivity contribution < 1.29 is 19.0 Å². The van der Waals surface area contributed by atoms with Crippen molar-refractivity contribution >= 4 is 45.7 Å². The van der Waals surface area contributed by atoms with E-state index in [0.29, 0.717) is 46.4 Å². The summed E-state index contributed by atoms with van der Waals surface area (Å²) in [6, 6.07) is 6.34. The maximum atomic E-state index is 16.0. The number of anilines is 1. The van der Waals surface area contributed by atoms with Crippen molar-refractivity contribution in [1.29, 1.82) is 0 Å². The van der Waals surface area contributed by atoms with Gasteiger partial charge in [0.15, 0.2) is 11.6 Å². The SMILES string of the molecule is COc1c(N2CC(C)N(CC(C)(C)O)C(C)C2)c(F)cc2c(=O)c(C(=O)NCc3ccc(Cl)cc3Cl)cn(C3CC3)c12. The van der Waals surface area contributed by atoms with Crippen molar-refractivity contribution in [2.45, 2.75) is 70.8 Å². The molecule has 3 aromatic rings. The minimum atomic E-state index is -0.859. The smallest absolute Gasteiger partial charge is 0.257 e. The van der Waals surface area contributed by atoms with Crippen LogP contribution in [0, 0.1) is 5.82 Å². The summed E-state index contributed by atoms with van der Waals surface area (Å²) in [6.07, 6.45) is 3.32. The van der Waals surface area contributed by atoms with E-state index in [0.717, 1.165) is 12.8 Å². The van der Waals surface area contributed by atoms with E-state index in [9.17, 15) is 14.7 Å². The molecule has 2 N–H and O–H groups in total. The Hall–Kier alpha value is -2.85. The van der Waals surface area contributed by atoms with Crippen LogP contribution < -0.4 is 20.4 Å². The Kier molecular flexibility index (Phi) is 8.51. The molecule has 2 fully saturated rings. The number of piperazine rings is 1. The predicted octanol–water partition coefficient (Wildman–Crippen LogP) is 5.39. The molecule has 1 amide bonds. The Bertz CT molecular complexity index is 1570.